The molecule has 5 heteroatoms. The number of aliphatic hydroxyl groups excluding tert-OH is 1. The summed E-state index contributed by atoms with van der Waals surface area (Å²) in [5.41, 5.74) is 0.955. The van der Waals surface area contributed by atoms with Gasteiger partial charge in [0, 0.05) is 12.1 Å². The molecule has 1 aliphatic carbocycles. The van der Waals surface area contributed by atoms with Crippen LogP contribution in [0.25, 0.3) is 0 Å². The number of carbonyl (C=O) groups excluding carboxylic acids is 2. The lowest BCUT2D eigenvalue weighted by Gasteiger charge is -2.32. The molecule has 112 valence electrons. The minimum absolute atomic E-state index is 0.0794. The van der Waals surface area contributed by atoms with Gasteiger partial charge in [-0.25, -0.2) is 0 Å². The number of para-hydroxylation sites is 1. The van der Waals surface area contributed by atoms with Crippen molar-refractivity contribution in [2.75, 3.05) is 11.9 Å². The molecule has 3 rings (SSSR count). The third-order valence-corrected chi connectivity index (χ3v) is 4.53. The lowest BCUT2D eigenvalue weighted by atomic mass is 9.88. The second kappa shape index (κ2) is 5.15. The lowest BCUT2D eigenvalue weighted by Crippen LogP contribution is -2.52. The van der Waals surface area contributed by atoms with E-state index in [1.165, 1.54) is 0 Å². The largest absolute Gasteiger partial charge is 0.394 e. The molecule has 21 heavy (non-hydrogen) atoms. The predicted octanol–water partition coefficient (Wildman–Crippen LogP) is 1.39. The highest BCUT2D eigenvalue weighted by Gasteiger charge is 2.43. The van der Waals surface area contributed by atoms with Gasteiger partial charge in [0.05, 0.1) is 18.1 Å². The van der Waals surface area contributed by atoms with E-state index in [0.29, 0.717) is 11.6 Å². The average molecular weight is 288 g/mol. The van der Waals surface area contributed by atoms with Gasteiger partial charge in [0.1, 0.15) is 0 Å². The number of carbonyl (C=O) groups is 2. The molecule has 1 aliphatic heterocycles. The molecule has 1 aromatic carbocycles. The maximum absolute atomic E-state index is 12.6. The van der Waals surface area contributed by atoms with E-state index in [-0.39, 0.29) is 24.8 Å². The monoisotopic (exact) mass is 288 g/mol. The molecule has 0 saturated heterocycles. The van der Waals surface area contributed by atoms with E-state index in [9.17, 15) is 14.7 Å². The molecule has 3 N–H and O–H groups in total. The first kappa shape index (κ1) is 14.1. The standard InChI is InChI=1S/C16H20N2O3/c1-16(9-19,10-6-7-10)18-15(21)12-8-14(20)17-13-5-3-2-4-11(12)13/h2-5,10,12,19H,6-9H2,1H3,(H,17,20)(H,18,21). The van der Waals surface area contributed by atoms with Gasteiger partial charge in [-0.05, 0) is 37.3 Å². The van der Waals surface area contributed by atoms with Crippen LogP contribution in [-0.4, -0.2) is 29.1 Å². The van der Waals surface area contributed by atoms with Crippen molar-refractivity contribution in [1.29, 1.82) is 0 Å². The molecule has 0 bridgehead atoms. The molecule has 2 aliphatic rings. The Morgan fingerprint density at radius 3 is 2.81 bits per heavy atom. The molecular formula is C16H20N2O3. The Morgan fingerprint density at radius 1 is 1.43 bits per heavy atom. The Balaban J connectivity index is 1.83. The van der Waals surface area contributed by atoms with E-state index in [0.717, 1.165) is 18.4 Å². The summed E-state index contributed by atoms with van der Waals surface area (Å²) < 4.78 is 0. The minimum atomic E-state index is -0.583. The summed E-state index contributed by atoms with van der Waals surface area (Å²) in [6, 6.07) is 7.37. The molecule has 1 fully saturated rings. The molecule has 2 atom stereocenters. The van der Waals surface area contributed by atoms with Crippen LogP contribution < -0.4 is 10.6 Å². The smallest absolute Gasteiger partial charge is 0.228 e. The van der Waals surface area contributed by atoms with Gasteiger partial charge in [0.2, 0.25) is 11.8 Å². The van der Waals surface area contributed by atoms with Crippen molar-refractivity contribution < 1.29 is 14.7 Å². The van der Waals surface area contributed by atoms with Crippen molar-refractivity contribution >= 4 is 17.5 Å². The molecule has 5 nitrogen and oxygen atoms in total. The van der Waals surface area contributed by atoms with E-state index < -0.39 is 11.5 Å². The maximum atomic E-state index is 12.6. The Morgan fingerprint density at radius 2 is 2.14 bits per heavy atom. The van der Waals surface area contributed by atoms with Crippen LogP contribution in [-0.2, 0) is 9.59 Å². The van der Waals surface area contributed by atoms with Crippen LogP contribution in [0.5, 0.6) is 0 Å². The fraction of sp³-hybridized carbons (Fsp3) is 0.500. The van der Waals surface area contributed by atoms with Gasteiger partial charge in [-0.3, -0.25) is 9.59 Å². The predicted molar refractivity (Wildman–Crippen MR) is 78.8 cm³/mol. The minimum Gasteiger partial charge on any atom is -0.394 e. The highest BCUT2D eigenvalue weighted by molar-refractivity contribution is 6.01. The van der Waals surface area contributed by atoms with E-state index >= 15 is 0 Å². The number of hydrogen-bond donors (Lipinski definition) is 3. The maximum Gasteiger partial charge on any atom is 0.228 e. The summed E-state index contributed by atoms with van der Waals surface area (Å²) in [4.78, 5) is 24.4. The van der Waals surface area contributed by atoms with E-state index in [1.807, 2.05) is 25.1 Å². The quantitative estimate of drug-likeness (QED) is 0.783. The number of hydrogen-bond acceptors (Lipinski definition) is 3. The van der Waals surface area contributed by atoms with Crippen LogP contribution >= 0.6 is 0 Å². The summed E-state index contributed by atoms with van der Waals surface area (Å²) in [6.45, 7) is 1.79. The third-order valence-electron chi connectivity index (χ3n) is 4.53. The van der Waals surface area contributed by atoms with Gasteiger partial charge in [-0.2, -0.15) is 0 Å². The molecule has 1 saturated carbocycles. The first-order valence-corrected chi connectivity index (χ1v) is 7.35. The van der Waals surface area contributed by atoms with Crippen molar-refractivity contribution in [2.45, 2.75) is 37.6 Å². The fourth-order valence-electron chi connectivity index (χ4n) is 3.00. The van der Waals surface area contributed by atoms with Crippen molar-refractivity contribution in [3.63, 3.8) is 0 Å². The van der Waals surface area contributed by atoms with Gasteiger partial charge in [-0.15, -0.1) is 0 Å². The van der Waals surface area contributed by atoms with E-state index in [4.69, 9.17) is 0 Å². The molecule has 0 radical (unpaired) electrons. The zero-order chi connectivity index (χ0) is 15.0. The average Bonchev–Trinajstić information content (AvgIpc) is 3.31. The van der Waals surface area contributed by atoms with Crippen LogP contribution in [0.3, 0.4) is 0 Å². The highest BCUT2D eigenvalue weighted by atomic mass is 16.3. The van der Waals surface area contributed by atoms with E-state index in [2.05, 4.69) is 10.6 Å². The summed E-state index contributed by atoms with van der Waals surface area (Å²) in [5.74, 6) is -0.481. The molecule has 0 spiro atoms. The Kier molecular flexibility index (Phi) is 3.45. The van der Waals surface area contributed by atoms with Crippen LogP contribution in [0.4, 0.5) is 5.69 Å². The Labute approximate surface area is 123 Å². The molecule has 2 amide bonds. The van der Waals surface area contributed by atoms with Gasteiger partial charge in [0.15, 0.2) is 0 Å². The van der Waals surface area contributed by atoms with Crippen molar-refractivity contribution in [3.05, 3.63) is 29.8 Å². The third kappa shape index (κ3) is 2.65. The normalized spacial score (nSPS) is 23.7. The van der Waals surface area contributed by atoms with Crippen LogP contribution in [0.1, 0.15) is 37.7 Å². The van der Waals surface area contributed by atoms with E-state index in [1.54, 1.807) is 6.07 Å². The number of fused-ring (bicyclic) bond motifs is 1. The number of amides is 2. The second-order valence-electron chi connectivity index (χ2n) is 6.23. The van der Waals surface area contributed by atoms with Crippen LogP contribution in [0, 0.1) is 5.92 Å². The summed E-state index contributed by atoms with van der Waals surface area (Å²) in [6.07, 6.45) is 2.20. The van der Waals surface area contributed by atoms with Crippen LogP contribution in [0.2, 0.25) is 0 Å². The number of rotatable bonds is 4. The van der Waals surface area contributed by atoms with Crippen molar-refractivity contribution in [3.8, 4) is 0 Å². The number of benzene rings is 1. The van der Waals surface area contributed by atoms with Gasteiger partial charge < -0.3 is 15.7 Å². The SMILES string of the molecule is CC(CO)(NC(=O)C1CC(=O)Nc2ccccc21)C1CC1. The second-order valence-corrected chi connectivity index (χ2v) is 6.23. The number of aliphatic hydroxyl groups is 1. The van der Waals surface area contributed by atoms with Gasteiger partial charge in [-0.1, -0.05) is 18.2 Å². The fourth-order valence-corrected chi connectivity index (χ4v) is 3.00. The zero-order valence-corrected chi connectivity index (χ0v) is 12.1. The zero-order valence-electron chi connectivity index (χ0n) is 12.1. The van der Waals surface area contributed by atoms with Gasteiger partial charge in [0.25, 0.3) is 0 Å². The number of nitrogens with one attached hydrogen (secondary N) is 2. The van der Waals surface area contributed by atoms with Gasteiger partial charge >= 0.3 is 0 Å². The highest BCUT2D eigenvalue weighted by Crippen LogP contribution is 2.40. The lowest BCUT2D eigenvalue weighted by molar-refractivity contribution is -0.128. The summed E-state index contributed by atoms with van der Waals surface area (Å²) in [5, 5.41) is 15.4. The number of anilines is 1. The topological polar surface area (TPSA) is 78.4 Å². The molecule has 0 aromatic heterocycles. The Hall–Kier alpha value is -1.88. The van der Waals surface area contributed by atoms with Crippen molar-refractivity contribution in [1.82, 2.24) is 5.32 Å². The molecule has 1 heterocycles. The summed E-state index contributed by atoms with van der Waals surface area (Å²) in [7, 11) is 0. The molecule has 2 unspecified atom stereocenters. The van der Waals surface area contributed by atoms with Crippen molar-refractivity contribution in [2.24, 2.45) is 5.92 Å². The first-order valence-electron chi connectivity index (χ1n) is 7.35. The first-order chi connectivity index (χ1) is 10.0. The Bertz CT molecular complexity index is 583. The molecule has 1 aromatic rings. The van der Waals surface area contributed by atoms with Crippen LogP contribution in [0.15, 0.2) is 24.3 Å². The summed E-state index contributed by atoms with van der Waals surface area (Å²) >= 11 is 0. The molecular weight excluding hydrogens is 268 g/mol.